The minimum atomic E-state index is -1.62. The lowest BCUT2D eigenvalue weighted by atomic mass is 9.83. The molecule has 1 saturated heterocycles. The fraction of sp³-hybridized carbons (Fsp3) is 0.743. The second kappa shape index (κ2) is 40.0. The first-order valence-electron chi connectivity index (χ1n) is 34.3. The third-order valence-corrected chi connectivity index (χ3v) is 19.6. The lowest BCUT2D eigenvalue weighted by molar-refractivity contribution is -0.157. The average Bonchev–Trinajstić information content (AvgIpc) is 1.58. The number of nitrogens with one attached hydrogen (secondary N) is 6. The number of carbonyl (C=O) groups excluding carboxylic acids is 12. The molecule has 1 spiro atoms. The van der Waals surface area contributed by atoms with Gasteiger partial charge in [-0.3, -0.25) is 52.7 Å². The quantitative estimate of drug-likeness (QED) is 0.0255. The van der Waals surface area contributed by atoms with Gasteiger partial charge < -0.3 is 52.6 Å². The number of primary amides is 1. The molecular weight excluding hydrogens is 1200 g/mol. The summed E-state index contributed by atoms with van der Waals surface area (Å²) in [6.45, 7) is 19.0. The van der Waals surface area contributed by atoms with Crippen molar-refractivity contribution < 1.29 is 76.9 Å². The number of alkyl halides is 1. The highest BCUT2D eigenvalue weighted by Crippen LogP contribution is 2.48. The Morgan fingerprint density at radius 3 is 1.77 bits per heavy atom. The molecule has 93 heavy (non-hydrogen) atoms. The highest BCUT2D eigenvalue weighted by atomic mass is 19.1. The van der Waals surface area contributed by atoms with E-state index in [1.165, 1.54) is 13.8 Å². The summed E-state index contributed by atoms with van der Waals surface area (Å²) in [5, 5.41) is 37.9. The van der Waals surface area contributed by atoms with Crippen molar-refractivity contribution in [3.8, 4) is 0 Å². The van der Waals surface area contributed by atoms with E-state index in [1.807, 2.05) is 44.2 Å². The fourth-order valence-electron chi connectivity index (χ4n) is 12.2. The number of aliphatic hydroxyl groups is 2. The highest BCUT2D eigenvalue weighted by Gasteiger charge is 2.62. The zero-order valence-corrected chi connectivity index (χ0v) is 57.4. The number of ether oxygens (including phenoxy) is 1. The van der Waals surface area contributed by atoms with Gasteiger partial charge in [-0.25, -0.2) is 9.18 Å². The van der Waals surface area contributed by atoms with Gasteiger partial charge in [-0.2, -0.15) is 0 Å². The van der Waals surface area contributed by atoms with E-state index in [-0.39, 0.29) is 43.9 Å². The zero-order valence-electron chi connectivity index (χ0n) is 57.4. The second-order valence-corrected chi connectivity index (χ2v) is 26.8. The molecule has 0 radical (unpaired) electrons. The molecule has 1 heterocycles. The molecule has 23 heteroatoms. The molecule has 18 atom stereocenters. The number of esters is 1. The smallest absolute Gasteiger partial charge is 0.329 e. The molecule has 1 aliphatic carbocycles. The Morgan fingerprint density at radius 2 is 1.25 bits per heavy atom. The van der Waals surface area contributed by atoms with Crippen molar-refractivity contribution >= 4 is 70.5 Å². The molecule has 1 aromatic carbocycles. The number of benzene rings is 1. The van der Waals surface area contributed by atoms with Gasteiger partial charge in [0.05, 0.1) is 49.3 Å². The van der Waals surface area contributed by atoms with E-state index in [9.17, 15) is 72.1 Å². The predicted octanol–water partition coefficient (Wildman–Crippen LogP) is 6.34. The Hall–Kier alpha value is -6.49. The molecule has 3 unspecified atom stereocenters. The lowest BCUT2D eigenvalue weighted by Gasteiger charge is -2.31. The number of amides is 7. The van der Waals surface area contributed by atoms with Crippen molar-refractivity contribution in [1.82, 2.24) is 31.9 Å². The number of nitrogens with two attached hydrogens (primary N) is 1. The Bertz CT molecular complexity index is 2660. The van der Waals surface area contributed by atoms with Gasteiger partial charge in [-0.15, -0.1) is 0 Å². The second-order valence-electron chi connectivity index (χ2n) is 26.8. The third kappa shape index (κ3) is 24.7. The standard InChI is InChI=1S/C70H112FN7O15/c1-13-19-20-21-25-28-48-33-57(84)62(45(12)93-68(91)61(43(10)17-5)77-69(92)70(78-66(48)89)37-51(70)31-44(11)71)76-65(88)50(39-80)35-56(83)60(42(9)16-4)75-67(90)52(40(7)14-2)36-54(81)53(29-30-58(72)85)73-64(87)49(38-79)34-55(82)59(41(8)15-3)74-63(86)47(18-6)32-46-26-23-22-24-27-46/h22-24,26-27,40-45,47-53,59-62,79-80H,13-21,25,28-39H2,1-12H3,(H2,72,85)(H,73,87)(H,74,86)(H,75,90)(H,76,88)(H,77,92)(H,78,89)/t40-,41-,42-,43-,44?,45-,47+,48+,49-,50-,51?,52+,53+,59-,60-,61-,62+,70?/m0/s1. The summed E-state index contributed by atoms with van der Waals surface area (Å²) >= 11 is 0. The summed E-state index contributed by atoms with van der Waals surface area (Å²) in [7, 11) is 0. The molecule has 0 bridgehead atoms. The molecule has 7 amide bonds. The maximum atomic E-state index is 14.7. The van der Waals surface area contributed by atoms with Crippen LogP contribution in [-0.4, -0.2) is 142 Å². The number of unbranched alkanes of at least 4 members (excludes halogenated alkanes) is 4. The summed E-state index contributed by atoms with van der Waals surface area (Å²) in [6.07, 6.45) is 1.28. The van der Waals surface area contributed by atoms with Gasteiger partial charge in [0, 0.05) is 49.9 Å². The van der Waals surface area contributed by atoms with Crippen LogP contribution in [0.1, 0.15) is 211 Å². The number of carbonyl (C=O) groups is 12. The molecule has 3 rings (SSSR count). The van der Waals surface area contributed by atoms with Crippen LogP contribution in [-0.2, 0) is 68.7 Å². The summed E-state index contributed by atoms with van der Waals surface area (Å²) in [5.41, 5.74) is 4.92. The Balaban J connectivity index is 1.91. The number of aliphatic hydroxyl groups excluding tert-OH is 2. The number of cyclic esters (lactones) is 1. The first kappa shape index (κ1) is 80.7. The molecule has 1 aliphatic heterocycles. The van der Waals surface area contributed by atoms with Gasteiger partial charge in [0.1, 0.15) is 23.7 Å². The van der Waals surface area contributed by atoms with Gasteiger partial charge in [-0.1, -0.05) is 157 Å². The molecule has 1 aromatic rings. The zero-order chi connectivity index (χ0) is 69.9. The number of Topliss-reactive ketones (excluding diaryl/α,β-unsaturated/α-hetero) is 4. The summed E-state index contributed by atoms with van der Waals surface area (Å²) in [5.74, 6) is -16.7. The number of hydrogen-bond acceptors (Lipinski definition) is 15. The molecular formula is C70H112FN7O15. The molecule has 0 aromatic heterocycles. The van der Waals surface area contributed by atoms with Crippen molar-refractivity contribution in [1.29, 1.82) is 0 Å². The van der Waals surface area contributed by atoms with Crippen molar-refractivity contribution in [2.24, 2.45) is 64.9 Å². The summed E-state index contributed by atoms with van der Waals surface area (Å²) in [4.78, 5) is 169. The van der Waals surface area contributed by atoms with Gasteiger partial charge in [0.2, 0.25) is 41.4 Å². The SMILES string of the molecule is CCCCCCC[C@@H]1CC(=O)[C@H](NC(=O)[C@H](CO)CC(=O)[C@@H](NC(=O)[C@H](CC(=O)[C@@H](CCC(N)=O)NC(=O)[C@H](CO)CC(=O)[C@@H](NC(=O)[C@H](CC)Cc2ccccc2)[C@@H](C)CC)[C@@H](C)CC)[C@@H](C)CC)[C@H](C)OC(=O)[C@H]([C@@H](C)CC)NC(=O)C2(CC2CC(C)F)NC1=O. The average molecular weight is 1310 g/mol. The molecule has 1 saturated carbocycles. The molecule has 10 N–H and O–H groups in total. The van der Waals surface area contributed by atoms with E-state index >= 15 is 0 Å². The topological polar surface area (TPSA) is 353 Å². The number of hydrogen-bond donors (Lipinski definition) is 9. The highest BCUT2D eigenvalue weighted by molar-refractivity contribution is 6.01. The largest absolute Gasteiger partial charge is 0.458 e. The minimum Gasteiger partial charge on any atom is -0.458 e. The third-order valence-electron chi connectivity index (χ3n) is 19.6. The number of ketones is 4. The summed E-state index contributed by atoms with van der Waals surface area (Å²) in [6, 6.07) is 2.81. The van der Waals surface area contributed by atoms with Gasteiger partial charge >= 0.3 is 5.97 Å². The van der Waals surface area contributed by atoms with Crippen LogP contribution < -0.4 is 37.6 Å². The first-order valence-corrected chi connectivity index (χ1v) is 34.3. The summed E-state index contributed by atoms with van der Waals surface area (Å²) < 4.78 is 20.4. The minimum absolute atomic E-state index is 0.0393. The van der Waals surface area contributed by atoms with E-state index in [0.29, 0.717) is 44.9 Å². The number of rotatable bonds is 41. The van der Waals surface area contributed by atoms with E-state index < -0.39 is 205 Å². The molecule has 524 valence electrons. The lowest BCUT2D eigenvalue weighted by Crippen LogP contribution is -2.57. The van der Waals surface area contributed by atoms with Crippen molar-refractivity contribution in [3.05, 3.63) is 35.9 Å². The normalized spacial score (nSPS) is 23.3. The van der Waals surface area contributed by atoms with Crippen LogP contribution in [0.25, 0.3) is 0 Å². The van der Waals surface area contributed by atoms with E-state index in [1.54, 1.807) is 48.5 Å². The molecule has 22 nitrogen and oxygen atoms in total. The van der Waals surface area contributed by atoms with Gasteiger partial charge in [0.15, 0.2) is 23.1 Å². The maximum absolute atomic E-state index is 14.7. The Kier molecular flexibility index (Phi) is 34.8. The molecule has 2 aliphatic rings. The van der Waals surface area contributed by atoms with Crippen LogP contribution in [0.3, 0.4) is 0 Å². The Labute approximate surface area is 550 Å². The van der Waals surface area contributed by atoms with Gasteiger partial charge in [0.25, 0.3) is 0 Å². The van der Waals surface area contributed by atoms with Crippen molar-refractivity contribution in [2.75, 3.05) is 13.2 Å². The fourth-order valence-corrected chi connectivity index (χ4v) is 12.2. The molecule has 2 fully saturated rings. The van der Waals surface area contributed by atoms with E-state index in [4.69, 9.17) is 10.5 Å². The predicted molar refractivity (Wildman–Crippen MR) is 350 cm³/mol. The first-order chi connectivity index (χ1) is 44.0. The monoisotopic (exact) mass is 1310 g/mol. The van der Waals surface area contributed by atoms with Crippen LogP contribution in [0, 0.1) is 59.2 Å². The van der Waals surface area contributed by atoms with E-state index in [2.05, 4.69) is 38.8 Å². The number of halogens is 1. The van der Waals surface area contributed by atoms with Crippen LogP contribution in [0.2, 0.25) is 0 Å². The Morgan fingerprint density at radius 1 is 0.688 bits per heavy atom. The van der Waals surface area contributed by atoms with Crippen LogP contribution in [0.15, 0.2) is 30.3 Å². The van der Waals surface area contributed by atoms with Crippen LogP contribution in [0.5, 0.6) is 0 Å². The van der Waals surface area contributed by atoms with Crippen molar-refractivity contribution in [2.45, 2.75) is 260 Å². The van der Waals surface area contributed by atoms with Crippen LogP contribution >= 0.6 is 0 Å². The van der Waals surface area contributed by atoms with Crippen molar-refractivity contribution in [3.63, 3.8) is 0 Å². The van der Waals surface area contributed by atoms with Crippen LogP contribution in [0.4, 0.5) is 4.39 Å². The van der Waals surface area contributed by atoms with Gasteiger partial charge in [-0.05, 0) is 87.5 Å². The van der Waals surface area contributed by atoms with E-state index in [0.717, 1.165) is 31.2 Å². The maximum Gasteiger partial charge on any atom is 0.329 e.